The summed E-state index contributed by atoms with van der Waals surface area (Å²) in [6, 6.07) is 0. The van der Waals surface area contributed by atoms with Crippen molar-refractivity contribution in [3.05, 3.63) is 11.9 Å². The van der Waals surface area contributed by atoms with Gasteiger partial charge in [-0.3, -0.25) is 9.98 Å². The Kier molecular flexibility index (Phi) is 1.63. The first-order valence-electron chi connectivity index (χ1n) is 2.78. The Bertz CT molecular complexity index is 188. The van der Waals surface area contributed by atoms with Crippen LogP contribution in [0.1, 0.15) is 6.92 Å². The van der Waals surface area contributed by atoms with Crippen molar-refractivity contribution < 1.29 is 0 Å². The van der Waals surface area contributed by atoms with Gasteiger partial charge in [-0.15, -0.1) is 0 Å². The van der Waals surface area contributed by atoms with Crippen LogP contribution >= 0.6 is 0 Å². The zero-order valence-electron chi connectivity index (χ0n) is 5.33. The summed E-state index contributed by atoms with van der Waals surface area (Å²) < 4.78 is 0. The molecule has 1 rings (SSSR count). The quantitative estimate of drug-likeness (QED) is 0.496. The molecule has 1 heterocycles. The van der Waals surface area contributed by atoms with Crippen LogP contribution in [0.15, 0.2) is 21.9 Å². The van der Waals surface area contributed by atoms with Crippen LogP contribution in [0.5, 0.6) is 0 Å². The summed E-state index contributed by atoms with van der Waals surface area (Å²) in [6.45, 7) is 2.46. The third-order valence-electron chi connectivity index (χ3n) is 0.986. The van der Waals surface area contributed by atoms with Gasteiger partial charge in [0.1, 0.15) is 0 Å². The minimum atomic E-state index is 0.570. The minimum Gasteiger partial charge on any atom is -0.399 e. The van der Waals surface area contributed by atoms with Crippen LogP contribution in [0.2, 0.25) is 0 Å². The van der Waals surface area contributed by atoms with E-state index >= 15 is 0 Å². The van der Waals surface area contributed by atoms with Crippen LogP contribution in [0.3, 0.4) is 0 Å². The second-order valence-electron chi connectivity index (χ2n) is 1.94. The Morgan fingerprint density at radius 1 is 1.67 bits per heavy atom. The van der Waals surface area contributed by atoms with Gasteiger partial charge in [-0.2, -0.15) is 0 Å². The van der Waals surface area contributed by atoms with Gasteiger partial charge in [-0.25, -0.2) is 0 Å². The molecule has 0 saturated carbocycles. The number of nitrogens with zero attached hydrogens (tertiary/aromatic N) is 2. The Hall–Kier alpha value is -1.12. The van der Waals surface area contributed by atoms with Gasteiger partial charge < -0.3 is 5.73 Å². The lowest BCUT2D eigenvalue weighted by Crippen LogP contribution is -1.98. The van der Waals surface area contributed by atoms with Crippen molar-refractivity contribution in [2.75, 3.05) is 6.54 Å². The third-order valence-corrected chi connectivity index (χ3v) is 0.986. The Balaban J connectivity index is 2.80. The molecular weight excluding hydrogens is 114 g/mol. The second-order valence-corrected chi connectivity index (χ2v) is 1.94. The Morgan fingerprint density at radius 3 is 3.22 bits per heavy atom. The highest BCUT2D eigenvalue weighted by Gasteiger charge is 1.90. The van der Waals surface area contributed by atoms with Crippen molar-refractivity contribution in [2.24, 2.45) is 15.7 Å². The normalized spacial score (nSPS) is 18.3. The highest BCUT2D eigenvalue weighted by atomic mass is 14.8. The van der Waals surface area contributed by atoms with Gasteiger partial charge in [0.25, 0.3) is 0 Å². The summed E-state index contributed by atoms with van der Waals surface area (Å²) in [5.74, 6) is 0. The van der Waals surface area contributed by atoms with Crippen LogP contribution in [0, 0.1) is 0 Å². The molecule has 48 valence electrons. The highest BCUT2D eigenvalue weighted by Crippen LogP contribution is 1.90. The lowest BCUT2D eigenvalue weighted by molar-refractivity contribution is 1.11. The van der Waals surface area contributed by atoms with E-state index in [-0.39, 0.29) is 0 Å². The van der Waals surface area contributed by atoms with Crippen molar-refractivity contribution in [2.45, 2.75) is 6.92 Å². The predicted octanol–water partition coefficient (Wildman–Crippen LogP) is 0.332. The topological polar surface area (TPSA) is 50.7 Å². The maximum atomic E-state index is 5.44. The fourth-order valence-electron chi connectivity index (χ4n) is 0.542. The summed E-state index contributed by atoms with van der Waals surface area (Å²) >= 11 is 0. The van der Waals surface area contributed by atoms with E-state index in [2.05, 4.69) is 9.98 Å². The molecule has 0 aliphatic carbocycles. The molecule has 0 fully saturated rings. The number of nitrogens with two attached hydrogens (primary N) is 1. The van der Waals surface area contributed by atoms with Gasteiger partial charge in [0.15, 0.2) is 0 Å². The lowest BCUT2D eigenvalue weighted by Gasteiger charge is -1.86. The first-order valence-corrected chi connectivity index (χ1v) is 2.78. The molecule has 3 heteroatoms. The van der Waals surface area contributed by atoms with E-state index in [1.54, 1.807) is 12.4 Å². The van der Waals surface area contributed by atoms with E-state index in [0.29, 0.717) is 12.2 Å². The van der Waals surface area contributed by atoms with E-state index in [1.807, 2.05) is 6.92 Å². The minimum absolute atomic E-state index is 0.570. The van der Waals surface area contributed by atoms with E-state index in [4.69, 9.17) is 5.73 Å². The molecule has 0 atom stereocenters. The van der Waals surface area contributed by atoms with Crippen molar-refractivity contribution in [1.29, 1.82) is 0 Å². The zero-order valence-corrected chi connectivity index (χ0v) is 5.33. The fraction of sp³-hybridized carbons (Fsp3) is 0.333. The maximum absolute atomic E-state index is 5.44. The highest BCUT2D eigenvalue weighted by molar-refractivity contribution is 6.29. The number of hydrogen-bond donors (Lipinski definition) is 1. The van der Waals surface area contributed by atoms with Crippen LogP contribution in [-0.4, -0.2) is 18.5 Å². The number of aliphatic imine (C=N–C) groups is 2. The smallest absolute Gasteiger partial charge is 0.0800 e. The summed E-state index contributed by atoms with van der Waals surface area (Å²) in [7, 11) is 0. The number of rotatable bonds is 0. The number of hydrogen-bond acceptors (Lipinski definition) is 3. The average molecular weight is 123 g/mol. The van der Waals surface area contributed by atoms with E-state index in [9.17, 15) is 0 Å². The van der Waals surface area contributed by atoms with Gasteiger partial charge in [0, 0.05) is 18.1 Å². The summed E-state index contributed by atoms with van der Waals surface area (Å²) in [5.41, 5.74) is 7.05. The molecule has 0 radical (unpaired) electrons. The first kappa shape index (κ1) is 6.01. The SMILES string of the molecule is CC1=NC=C(N)CN=C1. The van der Waals surface area contributed by atoms with Crippen molar-refractivity contribution >= 4 is 11.9 Å². The Morgan fingerprint density at radius 2 is 2.44 bits per heavy atom. The van der Waals surface area contributed by atoms with Crippen LogP contribution in [-0.2, 0) is 0 Å². The molecule has 0 bridgehead atoms. The second kappa shape index (κ2) is 2.44. The van der Waals surface area contributed by atoms with Gasteiger partial charge in [0.2, 0.25) is 0 Å². The molecule has 9 heavy (non-hydrogen) atoms. The van der Waals surface area contributed by atoms with Crippen LogP contribution in [0.25, 0.3) is 0 Å². The average Bonchev–Trinajstić information content (AvgIpc) is 1.97. The predicted molar refractivity (Wildman–Crippen MR) is 38.7 cm³/mol. The molecule has 1 aliphatic heterocycles. The Labute approximate surface area is 54.0 Å². The molecular formula is C6H9N3. The molecule has 0 unspecified atom stereocenters. The van der Waals surface area contributed by atoms with Gasteiger partial charge in [-0.05, 0) is 6.92 Å². The van der Waals surface area contributed by atoms with Crippen molar-refractivity contribution in [1.82, 2.24) is 0 Å². The molecule has 0 aromatic heterocycles. The van der Waals surface area contributed by atoms with Gasteiger partial charge in [0.05, 0.1) is 12.3 Å². The standard InChI is InChI=1S/C6H9N3/c1-5-2-8-3-6(7)4-9-5/h2,4H,3,7H2,1H3. The summed E-state index contributed by atoms with van der Waals surface area (Å²) in [6.07, 6.45) is 3.36. The molecule has 0 aromatic rings. The van der Waals surface area contributed by atoms with Gasteiger partial charge >= 0.3 is 0 Å². The molecule has 0 saturated heterocycles. The van der Waals surface area contributed by atoms with Crippen LogP contribution in [0.4, 0.5) is 0 Å². The molecule has 0 spiro atoms. The monoisotopic (exact) mass is 123 g/mol. The van der Waals surface area contributed by atoms with Crippen molar-refractivity contribution in [3.63, 3.8) is 0 Å². The maximum Gasteiger partial charge on any atom is 0.0800 e. The first-order chi connectivity index (χ1) is 4.29. The zero-order chi connectivity index (χ0) is 6.69. The molecule has 0 amide bonds. The van der Waals surface area contributed by atoms with E-state index in [1.165, 1.54) is 0 Å². The summed E-state index contributed by atoms with van der Waals surface area (Å²) in [4.78, 5) is 7.97. The lowest BCUT2D eigenvalue weighted by atomic mass is 10.5. The van der Waals surface area contributed by atoms with Crippen LogP contribution < -0.4 is 5.73 Å². The molecule has 3 nitrogen and oxygen atoms in total. The summed E-state index contributed by atoms with van der Waals surface area (Å²) in [5, 5.41) is 0. The molecule has 2 N–H and O–H groups in total. The van der Waals surface area contributed by atoms with E-state index in [0.717, 1.165) is 5.71 Å². The molecule has 0 aromatic carbocycles. The largest absolute Gasteiger partial charge is 0.399 e. The molecule has 1 aliphatic rings. The third kappa shape index (κ3) is 1.68. The van der Waals surface area contributed by atoms with E-state index < -0.39 is 0 Å². The fourth-order valence-corrected chi connectivity index (χ4v) is 0.542. The van der Waals surface area contributed by atoms with Gasteiger partial charge in [-0.1, -0.05) is 0 Å². The van der Waals surface area contributed by atoms with Crippen molar-refractivity contribution in [3.8, 4) is 0 Å².